The Labute approximate surface area is 143 Å². The normalized spacial score (nSPS) is 10.8. The Morgan fingerprint density at radius 3 is 2.52 bits per heavy atom. The van der Waals surface area contributed by atoms with Gasteiger partial charge in [0, 0.05) is 20.3 Å². The van der Waals surface area contributed by atoms with E-state index < -0.39 is 0 Å². The fraction of sp³-hybridized carbons (Fsp3) is 0.0667. The summed E-state index contributed by atoms with van der Waals surface area (Å²) in [6, 6.07) is 16.0. The molecule has 3 nitrogen and oxygen atoms in total. The highest BCUT2D eigenvalue weighted by Crippen LogP contribution is 2.27. The molecule has 2 aromatic carbocycles. The van der Waals surface area contributed by atoms with Crippen LogP contribution in [0.4, 0.5) is 0 Å². The van der Waals surface area contributed by atoms with E-state index in [1.54, 1.807) is 0 Å². The second kappa shape index (κ2) is 6.77. The van der Waals surface area contributed by atoms with Crippen molar-refractivity contribution in [2.45, 2.75) is 11.0 Å². The summed E-state index contributed by atoms with van der Waals surface area (Å²) in [6.45, 7) is 0. The van der Waals surface area contributed by atoms with Crippen LogP contribution in [0.3, 0.4) is 0 Å². The van der Waals surface area contributed by atoms with E-state index in [1.165, 1.54) is 17.3 Å². The van der Waals surface area contributed by atoms with Gasteiger partial charge >= 0.3 is 0 Å². The molecule has 1 heterocycles. The molecule has 0 fully saturated rings. The van der Waals surface area contributed by atoms with Crippen LogP contribution < -0.4 is 0 Å². The monoisotopic (exact) mass is 424 g/mol. The number of hydrogen-bond donors (Lipinski definition) is 0. The number of benzene rings is 2. The van der Waals surface area contributed by atoms with Crippen LogP contribution in [-0.4, -0.2) is 10.2 Å². The van der Waals surface area contributed by atoms with Crippen molar-refractivity contribution in [1.82, 2.24) is 10.2 Å². The molecule has 0 aliphatic rings. The van der Waals surface area contributed by atoms with Crippen LogP contribution in [0.15, 0.2) is 67.1 Å². The zero-order valence-electron chi connectivity index (χ0n) is 10.8. The summed E-state index contributed by atoms with van der Waals surface area (Å²) in [5, 5.41) is 8.74. The van der Waals surface area contributed by atoms with Gasteiger partial charge in [-0.2, -0.15) is 0 Å². The lowest BCUT2D eigenvalue weighted by Gasteiger charge is -1.98. The molecule has 106 valence electrons. The van der Waals surface area contributed by atoms with E-state index in [-0.39, 0.29) is 0 Å². The van der Waals surface area contributed by atoms with Crippen LogP contribution in [0.25, 0.3) is 11.5 Å². The third-order valence-corrected chi connectivity index (χ3v) is 4.67. The van der Waals surface area contributed by atoms with Crippen LogP contribution in [0, 0.1) is 0 Å². The van der Waals surface area contributed by atoms with Gasteiger partial charge in [-0.25, -0.2) is 0 Å². The van der Waals surface area contributed by atoms with Crippen LogP contribution in [0.5, 0.6) is 0 Å². The maximum Gasteiger partial charge on any atom is 0.277 e. The number of nitrogens with zero attached hydrogens (tertiary/aromatic N) is 2. The fourth-order valence-electron chi connectivity index (χ4n) is 1.73. The molecular formula is C15H10Br2N2OS. The van der Waals surface area contributed by atoms with Gasteiger partial charge in [0.2, 0.25) is 5.89 Å². The largest absolute Gasteiger partial charge is 0.411 e. The molecular weight excluding hydrogens is 416 g/mol. The molecule has 0 amide bonds. The van der Waals surface area contributed by atoms with E-state index in [4.69, 9.17) is 4.42 Å². The van der Waals surface area contributed by atoms with Crippen LogP contribution in [0.2, 0.25) is 0 Å². The Hall–Kier alpha value is -1.11. The van der Waals surface area contributed by atoms with Crippen molar-refractivity contribution < 1.29 is 4.42 Å². The molecule has 0 radical (unpaired) electrons. The first-order valence-corrected chi connectivity index (χ1v) is 8.74. The van der Waals surface area contributed by atoms with Gasteiger partial charge < -0.3 is 4.42 Å². The highest BCUT2D eigenvalue weighted by atomic mass is 79.9. The topological polar surface area (TPSA) is 38.9 Å². The van der Waals surface area contributed by atoms with Crippen molar-refractivity contribution in [1.29, 1.82) is 0 Å². The lowest BCUT2D eigenvalue weighted by atomic mass is 10.2. The third-order valence-electron chi connectivity index (χ3n) is 2.75. The van der Waals surface area contributed by atoms with Gasteiger partial charge in [-0.15, -0.1) is 10.2 Å². The summed E-state index contributed by atoms with van der Waals surface area (Å²) in [5.74, 6) is 1.34. The second-order valence-electron chi connectivity index (χ2n) is 4.30. The Bertz CT molecular complexity index is 743. The fourth-order valence-corrected chi connectivity index (χ4v) is 3.11. The van der Waals surface area contributed by atoms with E-state index >= 15 is 0 Å². The zero-order chi connectivity index (χ0) is 14.7. The van der Waals surface area contributed by atoms with Gasteiger partial charge in [0.25, 0.3) is 5.22 Å². The molecule has 21 heavy (non-hydrogen) atoms. The predicted molar refractivity (Wildman–Crippen MR) is 91.1 cm³/mol. The van der Waals surface area contributed by atoms with Crippen molar-refractivity contribution in [3.63, 3.8) is 0 Å². The first-order chi connectivity index (χ1) is 10.2. The van der Waals surface area contributed by atoms with Crippen LogP contribution in [-0.2, 0) is 5.75 Å². The highest BCUT2D eigenvalue weighted by Gasteiger charge is 2.09. The number of aromatic nitrogens is 2. The summed E-state index contributed by atoms with van der Waals surface area (Å²) >= 11 is 8.39. The smallest absolute Gasteiger partial charge is 0.277 e. The second-order valence-corrected chi connectivity index (χ2v) is 7.06. The summed E-state index contributed by atoms with van der Waals surface area (Å²) in [5.41, 5.74) is 2.12. The Morgan fingerprint density at radius 2 is 1.76 bits per heavy atom. The molecule has 0 bridgehead atoms. The average molecular weight is 426 g/mol. The van der Waals surface area contributed by atoms with Crippen molar-refractivity contribution in [2.75, 3.05) is 0 Å². The summed E-state index contributed by atoms with van der Waals surface area (Å²) < 4.78 is 7.74. The van der Waals surface area contributed by atoms with E-state index in [0.29, 0.717) is 11.1 Å². The molecule has 6 heteroatoms. The number of halogens is 2. The minimum absolute atomic E-state index is 0.537. The van der Waals surface area contributed by atoms with Gasteiger partial charge in [-0.3, -0.25) is 0 Å². The summed E-state index contributed by atoms with van der Waals surface area (Å²) in [4.78, 5) is 0. The van der Waals surface area contributed by atoms with Crippen LogP contribution >= 0.6 is 43.6 Å². The molecule has 1 aromatic heterocycles. The minimum atomic E-state index is 0.537. The SMILES string of the molecule is Brc1ccc(CSc2nnc(-c3cccc(Br)c3)o2)cc1. The predicted octanol–water partition coefficient (Wildman–Crippen LogP) is 5.55. The molecule has 0 N–H and O–H groups in total. The minimum Gasteiger partial charge on any atom is -0.411 e. The molecule has 3 aromatic rings. The third kappa shape index (κ3) is 3.96. The first kappa shape index (κ1) is 14.8. The maximum atomic E-state index is 5.68. The molecule has 0 saturated heterocycles. The average Bonchev–Trinajstić information content (AvgIpc) is 2.96. The summed E-state index contributed by atoms with van der Waals surface area (Å²) in [7, 11) is 0. The molecule has 0 aliphatic heterocycles. The maximum absolute atomic E-state index is 5.68. The van der Waals surface area contributed by atoms with E-state index in [0.717, 1.165) is 20.3 Å². The Morgan fingerprint density at radius 1 is 0.952 bits per heavy atom. The zero-order valence-corrected chi connectivity index (χ0v) is 14.8. The molecule has 0 unspecified atom stereocenters. The van der Waals surface area contributed by atoms with Gasteiger partial charge in [0.05, 0.1) is 0 Å². The lowest BCUT2D eigenvalue weighted by Crippen LogP contribution is -1.80. The first-order valence-electron chi connectivity index (χ1n) is 6.17. The molecule has 0 atom stereocenters. The molecule has 0 spiro atoms. The molecule has 3 rings (SSSR count). The quantitative estimate of drug-likeness (QED) is 0.513. The van der Waals surface area contributed by atoms with Crippen molar-refractivity contribution in [3.05, 3.63) is 63.0 Å². The Balaban J connectivity index is 1.69. The van der Waals surface area contributed by atoms with E-state index in [1.807, 2.05) is 36.4 Å². The lowest BCUT2D eigenvalue weighted by molar-refractivity contribution is 0.466. The van der Waals surface area contributed by atoms with Crippen molar-refractivity contribution in [3.8, 4) is 11.5 Å². The standard InChI is InChI=1S/C15H10Br2N2OS/c16-12-6-4-10(5-7-12)9-21-15-19-18-14(20-15)11-2-1-3-13(17)8-11/h1-8H,9H2. The van der Waals surface area contributed by atoms with Gasteiger partial charge in [-0.1, -0.05) is 61.8 Å². The molecule has 0 aliphatic carbocycles. The molecule has 0 saturated carbocycles. The number of hydrogen-bond acceptors (Lipinski definition) is 4. The van der Waals surface area contributed by atoms with Crippen LogP contribution in [0.1, 0.15) is 5.56 Å². The van der Waals surface area contributed by atoms with Gasteiger partial charge in [0.1, 0.15) is 0 Å². The summed E-state index contributed by atoms with van der Waals surface area (Å²) in [6.07, 6.45) is 0. The number of rotatable bonds is 4. The highest BCUT2D eigenvalue weighted by molar-refractivity contribution is 9.10. The Kier molecular flexibility index (Phi) is 4.77. The van der Waals surface area contributed by atoms with Crippen molar-refractivity contribution >= 4 is 43.6 Å². The van der Waals surface area contributed by atoms with E-state index in [9.17, 15) is 0 Å². The van der Waals surface area contributed by atoms with E-state index in [2.05, 4.69) is 54.2 Å². The van der Waals surface area contributed by atoms with Crippen molar-refractivity contribution in [2.24, 2.45) is 0 Å². The van der Waals surface area contributed by atoms with Gasteiger partial charge in [-0.05, 0) is 35.9 Å². The van der Waals surface area contributed by atoms with Gasteiger partial charge in [0.15, 0.2) is 0 Å². The number of thioether (sulfide) groups is 1.